The quantitative estimate of drug-likeness (QED) is 0.623. The van der Waals surface area contributed by atoms with Crippen LogP contribution in [-0.2, 0) is 17.4 Å². The number of anilines is 1. The second kappa shape index (κ2) is 10.5. The lowest BCUT2D eigenvalue weighted by Gasteiger charge is -2.38. The number of rotatable bonds is 7. The van der Waals surface area contributed by atoms with Gasteiger partial charge in [0.2, 0.25) is 5.91 Å². The summed E-state index contributed by atoms with van der Waals surface area (Å²) in [5, 5.41) is 9.88. The lowest BCUT2D eigenvalue weighted by atomic mass is 9.94. The number of piperazine rings is 1. The lowest BCUT2D eigenvalue weighted by molar-refractivity contribution is -0.137. The highest BCUT2D eigenvalue weighted by molar-refractivity contribution is 5.77. The number of phenolic OH excluding ortho intramolecular Hbond substituents is 1. The van der Waals surface area contributed by atoms with Crippen molar-refractivity contribution in [3.8, 4) is 5.75 Å². The number of benzene rings is 2. The maximum absolute atomic E-state index is 13.3. The SMILES string of the molecule is CC(C)C[C@H](N)c1cc(C(F)(F)F)ccc1N1CCN(C(=O)CCc2ccccc2O)CC1. The van der Waals surface area contributed by atoms with Crippen molar-refractivity contribution in [2.45, 2.75) is 45.3 Å². The number of aryl methyl sites for hydroxylation is 1. The fraction of sp³-hybridized carbons (Fsp3) is 0.480. The van der Waals surface area contributed by atoms with Crippen molar-refractivity contribution in [3.05, 3.63) is 59.2 Å². The second-order valence-corrected chi connectivity index (χ2v) is 9.00. The summed E-state index contributed by atoms with van der Waals surface area (Å²) in [6, 6.07) is 10.2. The van der Waals surface area contributed by atoms with E-state index in [4.69, 9.17) is 5.73 Å². The molecule has 33 heavy (non-hydrogen) atoms. The molecule has 1 atom stereocenters. The average Bonchev–Trinajstić information content (AvgIpc) is 2.77. The van der Waals surface area contributed by atoms with Gasteiger partial charge >= 0.3 is 6.18 Å². The second-order valence-electron chi connectivity index (χ2n) is 9.00. The number of nitrogens with zero attached hydrogens (tertiary/aromatic N) is 2. The topological polar surface area (TPSA) is 69.8 Å². The number of carbonyl (C=O) groups is 1. The minimum Gasteiger partial charge on any atom is -0.508 e. The molecule has 180 valence electrons. The molecule has 1 aliphatic rings. The van der Waals surface area contributed by atoms with Crippen molar-refractivity contribution in [2.24, 2.45) is 11.7 Å². The number of hydrogen-bond acceptors (Lipinski definition) is 4. The van der Waals surface area contributed by atoms with Crippen molar-refractivity contribution < 1.29 is 23.1 Å². The van der Waals surface area contributed by atoms with E-state index in [-0.39, 0.29) is 17.6 Å². The molecule has 0 aromatic heterocycles. The Hall–Kier alpha value is -2.74. The Morgan fingerprint density at radius 2 is 1.76 bits per heavy atom. The molecule has 1 aliphatic heterocycles. The molecule has 2 aromatic carbocycles. The minimum atomic E-state index is -4.43. The third-order valence-electron chi connectivity index (χ3n) is 6.05. The number of amides is 1. The Morgan fingerprint density at radius 3 is 2.36 bits per heavy atom. The molecule has 0 radical (unpaired) electrons. The van der Waals surface area contributed by atoms with Gasteiger partial charge in [0.05, 0.1) is 5.56 Å². The van der Waals surface area contributed by atoms with Crippen LogP contribution in [0, 0.1) is 5.92 Å². The molecule has 3 N–H and O–H groups in total. The summed E-state index contributed by atoms with van der Waals surface area (Å²) in [4.78, 5) is 16.4. The van der Waals surface area contributed by atoms with E-state index in [1.165, 1.54) is 12.1 Å². The van der Waals surface area contributed by atoms with Gasteiger partial charge in [0.15, 0.2) is 0 Å². The number of para-hydroxylation sites is 1. The Bertz CT molecular complexity index is 954. The van der Waals surface area contributed by atoms with Gasteiger partial charge in [-0.25, -0.2) is 0 Å². The summed E-state index contributed by atoms with van der Waals surface area (Å²) in [7, 11) is 0. The average molecular weight is 464 g/mol. The lowest BCUT2D eigenvalue weighted by Crippen LogP contribution is -2.49. The van der Waals surface area contributed by atoms with Crippen molar-refractivity contribution in [2.75, 3.05) is 31.1 Å². The number of hydrogen-bond donors (Lipinski definition) is 2. The zero-order valence-electron chi connectivity index (χ0n) is 19.1. The van der Waals surface area contributed by atoms with Crippen LogP contribution in [0.2, 0.25) is 0 Å². The number of alkyl halides is 3. The molecule has 3 rings (SSSR count). The molecule has 8 heteroatoms. The third kappa shape index (κ3) is 6.41. The third-order valence-corrected chi connectivity index (χ3v) is 6.05. The first-order valence-corrected chi connectivity index (χ1v) is 11.3. The molecule has 0 saturated carbocycles. The highest BCUT2D eigenvalue weighted by Gasteiger charge is 2.33. The molecule has 5 nitrogen and oxygen atoms in total. The smallest absolute Gasteiger partial charge is 0.416 e. The number of halogens is 3. The van der Waals surface area contributed by atoms with E-state index in [1.54, 1.807) is 23.1 Å². The van der Waals surface area contributed by atoms with Gasteiger partial charge in [-0.05, 0) is 54.2 Å². The van der Waals surface area contributed by atoms with Crippen LogP contribution >= 0.6 is 0 Å². The monoisotopic (exact) mass is 463 g/mol. The van der Waals surface area contributed by atoms with E-state index >= 15 is 0 Å². The zero-order valence-corrected chi connectivity index (χ0v) is 19.1. The predicted molar refractivity (Wildman–Crippen MR) is 123 cm³/mol. The van der Waals surface area contributed by atoms with Crippen LogP contribution < -0.4 is 10.6 Å². The van der Waals surface area contributed by atoms with Gasteiger partial charge in [0.1, 0.15) is 5.75 Å². The van der Waals surface area contributed by atoms with Gasteiger partial charge in [0.25, 0.3) is 0 Å². The normalized spacial score (nSPS) is 15.7. The molecule has 2 aromatic rings. The number of aromatic hydroxyl groups is 1. The number of carbonyl (C=O) groups excluding carboxylic acids is 1. The Kier molecular flexibility index (Phi) is 7.89. The molecular weight excluding hydrogens is 431 g/mol. The molecule has 1 saturated heterocycles. The molecule has 0 bridgehead atoms. The number of phenols is 1. The minimum absolute atomic E-state index is 0.00190. The first kappa shape index (κ1) is 24.9. The molecule has 1 fully saturated rings. The van der Waals surface area contributed by atoms with Gasteiger partial charge in [-0.2, -0.15) is 13.2 Å². The summed E-state index contributed by atoms with van der Waals surface area (Å²) >= 11 is 0. The molecular formula is C25H32F3N3O2. The zero-order chi connectivity index (χ0) is 24.2. The molecule has 0 unspecified atom stereocenters. The fourth-order valence-electron chi connectivity index (χ4n) is 4.27. The van der Waals surface area contributed by atoms with Crippen molar-refractivity contribution >= 4 is 11.6 Å². The van der Waals surface area contributed by atoms with Crippen LogP contribution in [-0.4, -0.2) is 42.1 Å². The van der Waals surface area contributed by atoms with E-state index in [0.717, 1.165) is 11.6 Å². The van der Waals surface area contributed by atoms with Gasteiger partial charge in [-0.1, -0.05) is 32.0 Å². The highest BCUT2D eigenvalue weighted by atomic mass is 19.4. The maximum atomic E-state index is 13.3. The van der Waals surface area contributed by atoms with Crippen LogP contribution in [0.25, 0.3) is 0 Å². The van der Waals surface area contributed by atoms with Crippen molar-refractivity contribution in [1.29, 1.82) is 0 Å². The largest absolute Gasteiger partial charge is 0.508 e. The Labute approximate surface area is 193 Å². The Morgan fingerprint density at radius 1 is 1.09 bits per heavy atom. The van der Waals surface area contributed by atoms with Crippen LogP contribution in [0.4, 0.5) is 18.9 Å². The standard InChI is InChI=1S/C25H32F3N3O2/c1-17(2)15-21(29)20-16-19(25(26,27)28)8-9-22(20)30-11-13-31(14-12-30)24(33)10-7-18-5-3-4-6-23(18)32/h3-6,8-9,16-17,21,32H,7,10-15,29H2,1-2H3/t21-/m0/s1. The van der Waals surface area contributed by atoms with Crippen molar-refractivity contribution in [3.63, 3.8) is 0 Å². The number of nitrogens with two attached hydrogens (primary N) is 1. The first-order valence-electron chi connectivity index (χ1n) is 11.3. The summed E-state index contributed by atoms with van der Waals surface area (Å²) in [6.07, 6.45) is -3.09. The van der Waals surface area contributed by atoms with Gasteiger partial charge < -0.3 is 20.6 Å². The fourth-order valence-corrected chi connectivity index (χ4v) is 4.27. The summed E-state index contributed by atoms with van der Waals surface area (Å²) < 4.78 is 39.9. The summed E-state index contributed by atoms with van der Waals surface area (Å²) in [5.74, 6) is 0.436. The van der Waals surface area contributed by atoms with Gasteiger partial charge in [-0.15, -0.1) is 0 Å². The van der Waals surface area contributed by atoms with E-state index < -0.39 is 17.8 Å². The van der Waals surface area contributed by atoms with E-state index in [9.17, 15) is 23.1 Å². The molecule has 0 aliphatic carbocycles. The molecule has 0 spiro atoms. The first-order chi connectivity index (χ1) is 15.6. The highest BCUT2D eigenvalue weighted by Crippen LogP contribution is 2.36. The van der Waals surface area contributed by atoms with E-state index in [0.29, 0.717) is 56.7 Å². The maximum Gasteiger partial charge on any atom is 0.416 e. The summed E-state index contributed by atoms with van der Waals surface area (Å²) in [6.45, 7) is 6.00. The molecule has 1 heterocycles. The van der Waals surface area contributed by atoms with Crippen LogP contribution in [0.15, 0.2) is 42.5 Å². The summed E-state index contributed by atoms with van der Waals surface area (Å²) in [5.41, 5.74) is 7.56. The van der Waals surface area contributed by atoms with Gasteiger partial charge in [0, 0.05) is 44.3 Å². The van der Waals surface area contributed by atoms with Crippen LogP contribution in [0.5, 0.6) is 5.75 Å². The van der Waals surface area contributed by atoms with Crippen LogP contribution in [0.3, 0.4) is 0 Å². The Balaban J connectivity index is 1.67. The van der Waals surface area contributed by atoms with Crippen molar-refractivity contribution in [1.82, 2.24) is 4.90 Å². The molecule has 1 amide bonds. The van der Waals surface area contributed by atoms with Crippen LogP contribution in [0.1, 0.15) is 49.4 Å². The van der Waals surface area contributed by atoms with Gasteiger partial charge in [-0.3, -0.25) is 4.79 Å². The van der Waals surface area contributed by atoms with E-state index in [2.05, 4.69) is 0 Å². The predicted octanol–water partition coefficient (Wildman–Crippen LogP) is 4.74. The van der Waals surface area contributed by atoms with E-state index in [1.807, 2.05) is 24.8 Å².